The maximum atomic E-state index is 13.7. The van der Waals surface area contributed by atoms with E-state index in [-0.39, 0.29) is 50.5 Å². The van der Waals surface area contributed by atoms with E-state index in [1.165, 1.54) is 24.3 Å². The number of carbonyl (C=O) groups is 2. The Hall–Kier alpha value is -2.99. The van der Waals surface area contributed by atoms with E-state index in [0.29, 0.717) is 11.5 Å². The summed E-state index contributed by atoms with van der Waals surface area (Å²) in [4.78, 5) is 24.7. The highest BCUT2D eigenvalue weighted by atomic mass is 32.2. The SMILES string of the molecule is CCOC(=O)CCN(C1(C(=O)NO)CCOCC1)S(=O)(=O)c1ccc(Oc2ccccc2)cc1. The van der Waals surface area contributed by atoms with Crippen LogP contribution in [0.2, 0.25) is 0 Å². The van der Waals surface area contributed by atoms with Crippen molar-refractivity contribution < 1.29 is 37.4 Å². The quantitative estimate of drug-likeness (QED) is 0.294. The lowest BCUT2D eigenvalue weighted by molar-refractivity contribution is -0.148. The zero-order valence-corrected chi connectivity index (χ0v) is 19.6. The number of nitrogens with zero attached hydrogens (tertiary/aromatic N) is 1. The maximum Gasteiger partial charge on any atom is 0.307 e. The molecule has 1 saturated heterocycles. The molecule has 0 saturated carbocycles. The van der Waals surface area contributed by atoms with Crippen LogP contribution in [0.3, 0.4) is 0 Å². The van der Waals surface area contributed by atoms with Crippen LogP contribution in [0.5, 0.6) is 11.5 Å². The largest absolute Gasteiger partial charge is 0.466 e. The molecule has 0 aromatic heterocycles. The van der Waals surface area contributed by atoms with Crippen LogP contribution in [0.25, 0.3) is 0 Å². The van der Waals surface area contributed by atoms with Gasteiger partial charge in [-0.2, -0.15) is 4.31 Å². The molecule has 2 N–H and O–H groups in total. The number of carbonyl (C=O) groups excluding carboxylic acids is 2. The van der Waals surface area contributed by atoms with E-state index in [2.05, 4.69) is 0 Å². The number of nitrogens with one attached hydrogen (secondary N) is 1. The Labute approximate surface area is 198 Å². The minimum absolute atomic E-state index is 0.0106. The number of benzene rings is 2. The maximum absolute atomic E-state index is 13.7. The number of amides is 1. The van der Waals surface area contributed by atoms with Gasteiger partial charge < -0.3 is 14.2 Å². The third-order valence-corrected chi connectivity index (χ3v) is 7.52. The summed E-state index contributed by atoms with van der Waals surface area (Å²) in [5, 5.41) is 9.41. The topological polar surface area (TPSA) is 131 Å². The van der Waals surface area contributed by atoms with E-state index in [1.54, 1.807) is 24.5 Å². The molecule has 0 atom stereocenters. The molecule has 184 valence electrons. The lowest BCUT2D eigenvalue weighted by Crippen LogP contribution is -2.62. The highest BCUT2D eigenvalue weighted by molar-refractivity contribution is 7.89. The summed E-state index contributed by atoms with van der Waals surface area (Å²) < 4.78 is 44.4. The predicted octanol–water partition coefficient (Wildman–Crippen LogP) is 2.48. The summed E-state index contributed by atoms with van der Waals surface area (Å²) in [5.74, 6) is -0.458. The fourth-order valence-electron chi connectivity index (χ4n) is 3.82. The van der Waals surface area contributed by atoms with Crippen molar-refractivity contribution in [2.24, 2.45) is 0 Å². The van der Waals surface area contributed by atoms with Gasteiger partial charge in [-0.1, -0.05) is 18.2 Å². The lowest BCUT2D eigenvalue weighted by Gasteiger charge is -2.43. The number of para-hydroxylation sites is 1. The molecule has 1 heterocycles. The molecule has 3 rings (SSSR count). The van der Waals surface area contributed by atoms with Gasteiger partial charge in [0.2, 0.25) is 10.0 Å². The Balaban J connectivity index is 1.94. The fourth-order valence-corrected chi connectivity index (χ4v) is 5.62. The van der Waals surface area contributed by atoms with E-state index in [0.717, 1.165) is 4.31 Å². The summed E-state index contributed by atoms with van der Waals surface area (Å²) in [6.07, 6.45) is -0.239. The van der Waals surface area contributed by atoms with Crippen LogP contribution in [-0.4, -0.2) is 61.7 Å². The molecule has 0 spiro atoms. The van der Waals surface area contributed by atoms with E-state index >= 15 is 0 Å². The third-order valence-electron chi connectivity index (χ3n) is 5.54. The normalized spacial score (nSPS) is 15.5. The van der Waals surface area contributed by atoms with Crippen LogP contribution in [0, 0.1) is 0 Å². The molecule has 0 radical (unpaired) electrons. The van der Waals surface area contributed by atoms with Gasteiger partial charge >= 0.3 is 5.97 Å². The minimum atomic E-state index is -4.27. The van der Waals surface area contributed by atoms with Gasteiger partial charge in [0.25, 0.3) is 5.91 Å². The third kappa shape index (κ3) is 5.73. The van der Waals surface area contributed by atoms with Gasteiger partial charge in [0.15, 0.2) is 0 Å². The summed E-state index contributed by atoms with van der Waals surface area (Å²) >= 11 is 0. The van der Waals surface area contributed by atoms with Crippen LogP contribution < -0.4 is 10.2 Å². The highest BCUT2D eigenvalue weighted by Crippen LogP contribution is 2.34. The van der Waals surface area contributed by atoms with E-state index < -0.39 is 27.4 Å². The molecule has 0 bridgehead atoms. The Bertz CT molecular complexity index is 1070. The first-order valence-corrected chi connectivity index (χ1v) is 12.3. The molecule has 1 aliphatic rings. The zero-order valence-electron chi connectivity index (χ0n) is 18.8. The van der Waals surface area contributed by atoms with Crippen molar-refractivity contribution in [2.45, 2.75) is 36.6 Å². The average molecular weight is 493 g/mol. The summed E-state index contributed by atoms with van der Waals surface area (Å²) in [6.45, 7) is 1.71. The Morgan fingerprint density at radius 3 is 2.26 bits per heavy atom. The molecule has 2 aromatic carbocycles. The number of rotatable bonds is 10. The predicted molar refractivity (Wildman–Crippen MR) is 121 cm³/mol. The lowest BCUT2D eigenvalue weighted by atomic mass is 9.89. The monoisotopic (exact) mass is 492 g/mol. The second-order valence-electron chi connectivity index (χ2n) is 7.60. The summed E-state index contributed by atoms with van der Waals surface area (Å²) in [7, 11) is -4.27. The first-order valence-electron chi connectivity index (χ1n) is 10.9. The standard InChI is InChI=1S/C23H28N2O8S/c1-2-32-21(26)12-15-25(23(22(27)24-28)13-16-31-17-14-23)34(29,30)20-10-8-19(9-11-20)33-18-6-4-3-5-7-18/h3-11,28H,2,12-17H2,1H3,(H,24,27). The van der Waals surface area contributed by atoms with Crippen LogP contribution in [0.1, 0.15) is 26.2 Å². The first-order chi connectivity index (χ1) is 16.3. The molecule has 1 aliphatic heterocycles. The summed E-state index contributed by atoms with van der Waals surface area (Å²) in [5.41, 5.74) is -0.0355. The van der Waals surface area contributed by atoms with Gasteiger partial charge in [-0.05, 0) is 56.2 Å². The van der Waals surface area contributed by atoms with Crippen molar-refractivity contribution in [3.8, 4) is 11.5 Å². The van der Waals surface area contributed by atoms with Crippen LogP contribution in [0.15, 0.2) is 59.5 Å². The van der Waals surface area contributed by atoms with Crippen molar-refractivity contribution >= 4 is 21.9 Å². The molecular weight excluding hydrogens is 464 g/mol. The Kier molecular flexibility index (Phi) is 8.61. The van der Waals surface area contributed by atoms with E-state index in [1.807, 2.05) is 18.2 Å². The van der Waals surface area contributed by atoms with Crippen LogP contribution in [0.4, 0.5) is 0 Å². The first kappa shape index (κ1) is 25.6. The molecule has 0 unspecified atom stereocenters. The van der Waals surface area contributed by atoms with Crippen molar-refractivity contribution in [1.82, 2.24) is 9.79 Å². The van der Waals surface area contributed by atoms with Crippen molar-refractivity contribution in [3.63, 3.8) is 0 Å². The molecule has 1 amide bonds. The molecule has 10 nitrogen and oxygen atoms in total. The van der Waals surface area contributed by atoms with E-state index in [4.69, 9.17) is 14.2 Å². The number of hydrogen-bond donors (Lipinski definition) is 2. The summed E-state index contributed by atoms with van der Waals surface area (Å²) in [6, 6.07) is 14.8. The molecule has 11 heteroatoms. The minimum Gasteiger partial charge on any atom is -0.466 e. The Morgan fingerprint density at radius 1 is 1.06 bits per heavy atom. The van der Waals surface area contributed by atoms with Gasteiger partial charge in [0.05, 0.1) is 17.9 Å². The van der Waals surface area contributed by atoms with Gasteiger partial charge in [-0.15, -0.1) is 0 Å². The van der Waals surface area contributed by atoms with Crippen LogP contribution in [-0.2, 0) is 29.1 Å². The van der Waals surface area contributed by atoms with Gasteiger partial charge in [-0.25, -0.2) is 13.9 Å². The van der Waals surface area contributed by atoms with Crippen molar-refractivity contribution in [1.29, 1.82) is 0 Å². The molecular formula is C23H28N2O8S. The molecule has 0 aliphatic carbocycles. The molecule has 34 heavy (non-hydrogen) atoms. The number of sulfonamides is 1. The second kappa shape index (κ2) is 11.4. The van der Waals surface area contributed by atoms with Gasteiger partial charge in [0.1, 0.15) is 17.0 Å². The zero-order chi connectivity index (χ0) is 24.6. The smallest absolute Gasteiger partial charge is 0.307 e. The Morgan fingerprint density at radius 2 is 1.68 bits per heavy atom. The van der Waals surface area contributed by atoms with Gasteiger partial charge in [0, 0.05) is 19.8 Å². The van der Waals surface area contributed by atoms with Crippen LogP contribution >= 0.6 is 0 Å². The average Bonchev–Trinajstić information content (AvgIpc) is 2.85. The number of ether oxygens (including phenoxy) is 3. The van der Waals surface area contributed by atoms with Crippen molar-refractivity contribution in [3.05, 3.63) is 54.6 Å². The molecule has 1 fully saturated rings. The molecule has 2 aromatic rings. The fraction of sp³-hybridized carbons (Fsp3) is 0.391. The second-order valence-corrected chi connectivity index (χ2v) is 9.47. The van der Waals surface area contributed by atoms with E-state index in [9.17, 15) is 23.2 Å². The number of hydroxylamine groups is 1. The van der Waals surface area contributed by atoms with Gasteiger partial charge in [-0.3, -0.25) is 14.8 Å². The van der Waals surface area contributed by atoms with Crippen molar-refractivity contribution in [2.75, 3.05) is 26.4 Å². The number of esters is 1. The number of hydrogen-bond acceptors (Lipinski definition) is 8. The highest BCUT2D eigenvalue weighted by Gasteiger charge is 2.50.